The zero-order valence-corrected chi connectivity index (χ0v) is 8.61. The number of para-hydroxylation sites is 1. The Hall–Kier alpha value is -1.02. The molecule has 0 spiro atoms. The monoisotopic (exact) mass is 194 g/mol. The molecule has 1 atom stereocenters. The highest BCUT2D eigenvalue weighted by molar-refractivity contribution is 5.31. The summed E-state index contributed by atoms with van der Waals surface area (Å²) in [6.45, 7) is 2.06. The number of aliphatic hydroxyl groups excluding tert-OH is 1. The third-order valence-electron chi connectivity index (χ3n) is 2.36. The second kappa shape index (κ2) is 5.66. The first-order valence-electron chi connectivity index (χ1n) is 5.19. The SMILES string of the molecule is CCCC(O)CCc1ccccc1O. The minimum absolute atomic E-state index is 0.236. The number of phenolic OH excluding ortho intramolecular Hbond substituents is 1. The van der Waals surface area contributed by atoms with Crippen molar-refractivity contribution in [3.63, 3.8) is 0 Å². The normalized spacial score (nSPS) is 12.7. The Morgan fingerprint density at radius 2 is 1.93 bits per heavy atom. The number of hydrogen-bond donors (Lipinski definition) is 2. The van der Waals surface area contributed by atoms with Crippen LogP contribution in [0.15, 0.2) is 24.3 Å². The van der Waals surface area contributed by atoms with Crippen molar-refractivity contribution in [1.82, 2.24) is 0 Å². The number of rotatable bonds is 5. The molecule has 0 saturated carbocycles. The molecule has 2 nitrogen and oxygen atoms in total. The molecule has 0 heterocycles. The van der Waals surface area contributed by atoms with Gasteiger partial charge in [0.2, 0.25) is 0 Å². The average Bonchev–Trinajstić information content (AvgIpc) is 2.17. The quantitative estimate of drug-likeness (QED) is 0.756. The van der Waals surface area contributed by atoms with Crippen LogP contribution in [-0.2, 0) is 6.42 Å². The molecule has 78 valence electrons. The van der Waals surface area contributed by atoms with E-state index in [9.17, 15) is 10.2 Å². The first kappa shape index (κ1) is 11.1. The molecule has 0 aliphatic carbocycles. The van der Waals surface area contributed by atoms with Crippen molar-refractivity contribution < 1.29 is 10.2 Å². The second-order valence-corrected chi connectivity index (χ2v) is 3.61. The van der Waals surface area contributed by atoms with E-state index in [4.69, 9.17) is 0 Å². The summed E-state index contributed by atoms with van der Waals surface area (Å²) in [6, 6.07) is 7.29. The van der Waals surface area contributed by atoms with Gasteiger partial charge in [-0.3, -0.25) is 0 Å². The fourth-order valence-corrected chi connectivity index (χ4v) is 1.52. The van der Waals surface area contributed by atoms with Gasteiger partial charge in [0.25, 0.3) is 0 Å². The zero-order chi connectivity index (χ0) is 10.4. The van der Waals surface area contributed by atoms with Gasteiger partial charge in [0, 0.05) is 0 Å². The lowest BCUT2D eigenvalue weighted by Gasteiger charge is -2.09. The molecule has 14 heavy (non-hydrogen) atoms. The van der Waals surface area contributed by atoms with Crippen LogP contribution in [0.25, 0.3) is 0 Å². The fourth-order valence-electron chi connectivity index (χ4n) is 1.52. The Bertz CT molecular complexity index is 271. The highest BCUT2D eigenvalue weighted by Gasteiger charge is 2.05. The third-order valence-corrected chi connectivity index (χ3v) is 2.36. The molecule has 1 aromatic carbocycles. The second-order valence-electron chi connectivity index (χ2n) is 3.61. The largest absolute Gasteiger partial charge is 0.508 e. The maximum Gasteiger partial charge on any atom is 0.118 e. The molecule has 0 amide bonds. The van der Waals surface area contributed by atoms with Crippen LogP contribution >= 0.6 is 0 Å². The van der Waals surface area contributed by atoms with Crippen LogP contribution in [0.1, 0.15) is 31.7 Å². The Morgan fingerprint density at radius 3 is 2.57 bits per heavy atom. The predicted octanol–water partition coefficient (Wildman–Crippen LogP) is 2.49. The maximum absolute atomic E-state index is 9.52. The van der Waals surface area contributed by atoms with Crippen molar-refractivity contribution in [2.45, 2.75) is 38.7 Å². The van der Waals surface area contributed by atoms with Gasteiger partial charge in [-0.05, 0) is 30.9 Å². The number of benzene rings is 1. The number of hydrogen-bond acceptors (Lipinski definition) is 2. The Kier molecular flexibility index (Phi) is 4.47. The van der Waals surface area contributed by atoms with Crippen LogP contribution < -0.4 is 0 Å². The van der Waals surface area contributed by atoms with Gasteiger partial charge in [0.1, 0.15) is 5.75 Å². The molecule has 0 aliphatic heterocycles. The van der Waals surface area contributed by atoms with Gasteiger partial charge >= 0.3 is 0 Å². The lowest BCUT2D eigenvalue weighted by Crippen LogP contribution is -2.07. The van der Waals surface area contributed by atoms with Gasteiger partial charge < -0.3 is 10.2 Å². The molecule has 1 rings (SSSR count). The molecule has 0 aromatic heterocycles. The predicted molar refractivity (Wildman–Crippen MR) is 57.3 cm³/mol. The smallest absolute Gasteiger partial charge is 0.118 e. The Balaban J connectivity index is 2.41. The minimum Gasteiger partial charge on any atom is -0.508 e. The fraction of sp³-hybridized carbons (Fsp3) is 0.500. The highest BCUT2D eigenvalue weighted by Crippen LogP contribution is 2.18. The molecule has 0 saturated heterocycles. The summed E-state index contributed by atoms with van der Waals surface area (Å²) >= 11 is 0. The Morgan fingerprint density at radius 1 is 1.21 bits per heavy atom. The van der Waals surface area contributed by atoms with Crippen molar-refractivity contribution in [3.05, 3.63) is 29.8 Å². The molecular weight excluding hydrogens is 176 g/mol. The van der Waals surface area contributed by atoms with Gasteiger partial charge in [-0.2, -0.15) is 0 Å². The lowest BCUT2D eigenvalue weighted by molar-refractivity contribution is 0.154. The number of aryl methyl sites for hydroxylation is 1. The summed E-state index contributed by atoms with van der Waals surface area (Å²) in [5.41, 5.74) is 0.919. The summed E-state index contributed by atoms with van der Waals surface area (Å²) in [6.07, 6.45) is 3.08. The third kappa shape index (κ3) is 3.38. The molecule has 0 radical (unpaired) electrons. The van der Waals surface area contributed by atoms with E-state index >= 15 is 0 Å². The van der Waals surface area contributed by atoms with E-state index in [1.807, 2.05) is 12.1 Å². The lowest BCUT2D eigenvalue weighted by atomic mass is 10.0. The summed E-state index contributed by atoms with van der Waals surface area (Å²) in [4.78, 5) is 0. The molecule has 1 aromatic rings. The van der Waals surface area contributed by atoms with E-state index in [2.05, 4.69) is 6.92 Å². The van der Waals surface area contributed by atoms with Gasteiger partial charge in [-0.1, -0.05) is 31.5 Å². The van der Waals surface area contributed by atoms with Crippen molar-refractivity contribution in [1.29, 1.82) is 0 Å². The van der Waals surface area contributed by atoms with Gasteiger partial charge in [-0.25, -0.2) is 0 Å². The topological polar surface area (TPSA) is 40.5 Å². The number of aliphatic hydroxyl groups is 1. The molecule has 1 unspecified atom stereocenters. The van der Waals surface area contributed by atoms with Crippen molar-refractivity contribution >= 4 is 0 Å². The Labute approximate surface area is 85.2 Å². The molecule has 0 aliphatic rings. The minimum atomic E-state index is -0.236. The van der Waals surface area contributed by atoms with Gasteiger partial charge in [0.15, 0.2) is 0 Å². The van der Waals surface area contributed by atoms with E-state index in [1.165, 1.54) is 0 Å². The number of aromatic hydroxyl groups is 1. The van der Waals surface area contributed by atoms with E-state index in [0.29, 0.717) is 5.75 Å². The van der Waals surface area contributed by atoms with Crippen LogP contribution in [0.4, 0.5) is 0 Å². The van der Waals surface area contributed by atoms with Crippen LogP contribution in [0.5, 0.6) is 5.75 Å². The number of phenols is 1. The zero-order valence-electron chi connectivity index (χ0n) is 8.61. The molecule has 2 heteroatoms. The highest BCUT2D eigenvalue weighted by atomic mass is 16.3. The van der Waals surface area contributed by atoms with E-state index in [-0.39, 0.29) is 6.10 Å². The molecule has 2 N–H and O–H groups in total. The van der Waals surface area contributed by atoms with Gasteiger partial charge in [-0.15, -0.1) is 0 Å². The van der Waals surface area contributed by atoms with E-state index in [0.717, 1.165) is 31.2 Å². The molecule has 0 fully saturated rings. The van der Waals surface area contributed by atoms with Crippen LogP contribution in [-0.4, -0.2) is 16.3 Å². The molecular formula is C12H18O2. The van der Waals surface area contributed by atoms with Crippen molar-refractivity contribution in [2.75, 3.05) is 0 Å². The summed E-state index contributed by atoms with van der Waals surface area (Å²) < 4.78 is 0. The average molecular weight is 194 g/mol. The summed E-state index contributed by atoms with van der Waals surface area (Å²) in [5.74, 6) is 0.330. The summed E-state index contributed by atoms with van der Waals surface area (Å²) in [5, 5.41) is 19.0. The van der Waals surface area contributed by atoms with Gasteiger partial charge in [0.05, 0.1) is 6.10 Å². The maximum atomic E-state index is 9.52. The first-order valence-corrected chi connectivity index (χ1v) is 5.19. The standard InChI is InChI=1S/C12H18O2/c1-2-5-11(13)9-8-10-6-3-4-7-12(10)14/h3-4,6-7,11,13-14H,2,5,8-9H2,1H3. The first-order chi connectivity index (χ1) is 6.74. The molecule has 0 bridgehead atoms. The van der Waals surface area contributed by atoms with E-state index in [1.54, 1.807) is 12.1 Å². The van der Waals surface area contributed by atoms with Crippen molar-refractivity contribution in [2.24, 2.45) is 0 Å². The van der Waals surface area contributed by atoms with Crippen LogP contribution in [0, 0.1) is 0 Å². The van der Waals surface area contributed by atoms with Crippen LogP contribution in [0.2, 0.25) is 0 Å². The van der Waals surface area contributed by atoms with Crippen LogP contribution in [0.3, 0.4) is 0 Å². The van der Waals surface area contributed by atoms with Crippen molar-refractivity contribution in [3.8, 4) is 5.75 Å². The summed E-state index contributed by atoms with van der Waals surface area (Å²) in [7, 11) is 0. The van der Waals surface area contributed by atoms with E-state index < -0.39 is 0 Å².